The Bertz CT molecular complexity index is 550. The molecular weight excluding hydrogens is 234 g/mol. The Morgan fingerprint density at radius 1 is 1.11 bits per heavy atom. The second-order valence-corrected chi connectivity index (χ2v) is 5.19. The van der Waals surface area contributed by atoms with Crippen LogP contribution in [-0.2, 0) is 19.6 Å². The van der Waals surface area contributed by atoms with Crippen LogP contribution >= 0.6 is 0 Å². The summed E-state index contributed by atoms with van der Waals surface area (Å²) >= 11 is 0. The molecule has 1 atom stereocenters. The minimum Gasteiger partial charge on any atom is -0.489 e. The van der Waals surface area contributed by atoms with Crippen molar-refractivity contribution in [3.8, 4) is 5.75 Å². The molecule has 1 aliphatic heterocycles. The molecule has 2 aromatic rings. The van der Waals surface area contributed by atoms with E-state index in [4.69, 9.17) is 4.74 Å². The predicted octanol–water partition coefficient (Wildman–Crippen LogP) is 3.30. The summed E-state index contributed by atoms with van der Waals surface area (Å²) in [6.07, 6.45) is 1.08. The third-order valence-corrected chi connectivity index (χ3v) is 3.59. The summed E-state index contributed by atoms with van der Waals surface area (Å²) < 4.78 is 5.87. The number of ether oxygens (including phenoxy) is 1. The molecule has 0 spiro atoms. The van der Waals surface area contributed by atoms with Crippen molar-refractivity contribution in [2.75, 3.05) is 0 Å². The van der Waals surface area contributed by atoms with E-state index in [1.807, 2.05) is 18.2 Å². The third-order valence-electron chi connectivity index (χ3n) is 3.59. The van der Waals surface area contributed by atoms with Gasteiger partial charge in [0.25, 0.3) is 0 Å². The Balaban J connectivity index is 1.70. The fraction of sp³-hybridized carbons (Fsp3) is 0.294. The van der Waals surface area contributed by atoms with Gasteiger partial charge in [-0.15, -0.1) is 0 Å². The van der Waals surface area contributed by atoms with Gasteiger partial charge < -0.3 is 10.1 Å². The molecule has 19 heavy (non-hydrogen) atoms. The van der Waals surface area contributed by atoms with Crippen LogP contribution < -0.4 is 10.1 Å². The molecule has 3 rings (SSSR count). The maximum absolute atomic E-state index is 5.87. The molecule has 1 unspecified atom stereocenters. The van der Waals surface area contributed by atoms with E-state index in [1.165, 1.54) is 16.7 Å². The zero-order chi connectivity index (χ0) is 13.1. The van der Waals surface area contributed by atoms with E-state index in [-0.39, 0.29) is 0 Å². The van der Waals surface area contributed by atoms with Gasteiger partial charge in [0.15, 0.2) is 0 Å². The lowest BCUT2D eigenvalue weighted by atomic mass is 9.96. The van der Waals surface area contributed by atoms with Crippen LogP contribution in [-0.4, -0.2) is 6.04 Å². The topological polar surface area (TPSA) is 21.3 Å². The largest absolute Gasteiger partial charge is 0.489 e. The van der Waals surface area contributed by atoms with Gasteiger partial charge >= 0.3 is 0 Å². The highest BCUT2D eigenvalue weighted by Gasteiger charge is 2.14. The minimum absolute atomic E-state index is 0.553. The number of nitrogens with one attached hydrogen (secondary N) is 1. The van der Waals surface area contributed by atoms with Gasteiger partial charge in [-0.2, -0.15) is 0 Å². The highest BCUT2D eigenvalue weighted by atomic mass is 16.5. The van der Waals surface area contributed by atoms with Gasteiger partial charge in [0.1, 0.15) is 12.4 Å². The van der Waals surface area contributed by atoms with Crippen molar-refractivity contribution in [3.63, 3.8) is 0 Å². The van der Waals surface area contributed by atoms with Gasteiger partial charge in [0.05, 0.1) is 0 Å². The maximum atomic E-state index is 5.87. The molecule has 1 aliphatic rings. The standard InChI is InChI=1S/C17H19NO/c1-13-9-16-10-17(8-7-15(16)11-18-13)19-12-14-5-3-2-4-6-14/h2-8,10,13,18H,9,11-12H2,1H3. The van der Waals surface area contributed by atoms with Gasteiger partial charge in [-0.25, -0.2) is 0 Å². The Morgan fingerprint density at radius 3 is 2.79 bits per heavy atom. The average Bonchev–Trinajstić information content (AvgIpc) is 2.46. The van der Waals surface area contributed by atoms with Crippen LogP contribution in [0.25, 0.3) is 0 Å². The predicted molar refractivity (Wildman–Crippen MR) is 77.2 cm³/mol. The first-order valence-electron chi connectivity index (χ1n) is 6.83. The Morgan fingerprint density at radius 2 is 1.95 bits per heavy atom. The molecule has 0 aliphatic carbocycles. The lowest BCUT2D eigenvalue weighted by Crippen LogP contribution is -2.32. The van der Waals surface area contributed by atoms with Crippen molar-refractivity contribution in [2.45, 2.75) is 32.5 Å². The molecule has 1 heterocycles. The van der Waals surface area contributed by atoms with E-state index in [0.29, 0.717) is 12.6 Å². The Kier molecular flexibility index (Phi) is 3.51. The zero-order valence-corrected chi connectivity index (χ0v) is 11.2. The molecule has 2 nitrogen and oxygen atoms in total. The first-order chi connectivity index (χ1) is 9.31. The molecule has 0 amide bonds. The van der Waals surface area contributed by atoms with Crippen LogP contribution in [0, 0.1) is 0 Å². The SMILES string of the molecule is CC1Cc2cc(OCc3ccccc3)ccc2CN1. The smallest absolute Gasteiger partial charge is 0.120 e. The van der Waals surface area contributed by atoms with Crippen molar-refractivity contribution in [2.24, 2.45) is 0 Å². The normalized spacial score (nSPS) is 17.8. The fourth-order valence-corrected chi connectivity index (χ4v) is 2.48. The Labute approximate surface area is 114 Å². The summed E-state index contributed by atoms with van der Waals surface area (Å²) in [6, 6.07) is 17.3. The van der Waals surface area contributed by atoms with Gasteiger partial charge in [-0.3, -0.25) is 0 Å². The van der Waals surface area contributed by atoms with Gasteiger partial charge in [0, 0.05) is 12.6 Å². The Hall–Kier alpha value is -1.80. The second-order valence-electron chi connectivity index (χ2n) is 5.19. The molecule has 2 heteroatoms. The number of benzene rings is 2. The van der Waals surface area contributed by atoms with E-state index in [0.717, 1.165) is 18.7 Å². The second kappa shape index (κ2) is 5.45. The first kappa shape index (κ1) is 12.2. The molecule has 0 saturated carbocycles. The van der Waals surface area contributed by atoms with E-state index >= 15 is 0 Å². The molecule has 2 aromatic carbocycles. The van der Waals surface area contributed by atoms with Crippen LogP contribution in [0.1, 0.15) is 23.6 Å². The lowest BCUT2D eigenvalue weighted by Gasteiger charge is -2.23. The summed E-state index contributed by atoms with van der Waals surface area (Å²) in [4.78, 5) is 0. The summed E-state index contributed by atoms with van der Waals surface area (Å²) in [6.45, 7) is 3.82. The van der Waals surface area contributed by atoms with Crippen molar-refractivity contribution >= 4 is 0 Å². The average molecular weight is 253 g/mol. The highest BCUT2D eigenvalue weighted by molar-refractivity contribution is 5.37. The number of hydrogen-bond donors (Lipinski definition) is 1. The lowest BCUT2D eigenvalue weighted by molar-refractivity contribution is 0.305. The van der Waals surface area contributed by atoms with E-state index in [9.17, 15) is 0 Å². The quantitative estimate of drug-likeness (QED) is 0.906. The molecule has 0 bridgehead atoms. The number of hydrogen-bond acceptors (Lipinski definition) is 2. The molecule has 0 radical (unpaired) electrons. The van der Waals surface area contributed by atoms with Crippen LogP contribution in [0.4, 0.5) is 0 Å². The first-order valence-corrected chi connectivity index (χ1v) is 6.83. The molecular formula is C17H19NO. The van der Waals surface area contributed by atoms with E-state index in [2.05, 4.69) is 42.6 Å². The fourth-order valence-electron chi connectivity index (χ4n) is 2.48. The van der Waals surface area contributed by atoms with E-state index in [1.54, 1.807) is 0 Å². The molecule has 1 N–H and O–H groups in total. The third kappa shape index (κ3) is 2.96. The van der Waals surface area contributed by atoms with Crippen LogP contribution in [0.3, 0.4) is 0 Å². The van der Waals surface area contributed by atoms with Crippen molar-refractivity contribution < 1.29 is 4.74 Å². The molecule has 0 saturated heterocycles. The maximum Gasteiger partial charge on any atom is 0.120 e. The van der Waals surface area contributed by atoms with Gasteiger partial charge in [0.2, 0.25) is 0 Å². The number of rotatable bonds is 3. The summed E-state index contributed by atoms with van der Waals surface area (Å²) in [7, 11) is 0. The van der Waals surface area contributed by atoms with Crippen LogP contribution in [0.5, 0.6) is 5.75 Å². The van der Waals surface area contributed by atoms with Gasteiger partial charge in [-0.05, 0) is 42.2 Å². The van der Waals surface area contributed by atoms with Crippen molar-refractivity contribution in [1.82, 2.24) is 5.32 Å². The molecule has 0 aromatic heterocycles. The zero-order valence-electron chi connectivity index (χ0n) is 11.2. The number of fused-ring (bicyclic) bond motifs is 1. The molecule has 0 fully saturated rings. The van der Waals surface area contributed by atoms with Crippen LogP contribution in [0.2, 0.25) is 0 Å². The summed E-state index contributed by atoms with van der Waals surface area (Å²) in [5.41, 5.74) is 4.01. The highest BCUT2D eigenvalue weighted by Crippen LogP contribution is 2.23. The van der Waals surface area contributed by atoms with Crippen molar-refractivity contribution in [1.29, 1.82) is 0 Å². The minimum atomic E-state index is 0.553. The molecule has 98 valence electrons. The summed E-state index contributed by atoms with van der Waals surface area (Å²) in [5.74, 6) is 0.969. The van der Waals surface area contributed by atoms with Gasteiger partial charge in [-0.1, -0.05) is 36.4 Å². The summed E-state index contributed by atoms with van der Waals surface area (Å²) in [5, 5.41) is 3.47. The monoisotopic (exact) mass is 253 g/mol. The van der Waals surface area contributed by atoms with Crippen LogP contribution in [0.15, 0.2) is 48.5 Å². The van der Waals surface area contributed by atoms with E-state index < -0.39 is 0 Å². The van der Waals surface area contributed by atoms with Crippen molar-refractivity contribution in [3.05, 3.63) is 65.2 Å².